The second-order valence-electron chi connectivity index (χ2n) is 5.86. The lowest BCUT2D eigenvalue weighted by Gasteiger charge is -2.07. The summed E-state index contributed by atoms with van der Waals surface area (Å²) >= 11 is 0. The summed E-state index contributed by atoms with van der Waals surface area (Å²) in [6, 6.07) is 17.5. The Labute approximate surface area is 152 Å². The van der Waals surface area contributed by atoms with Crippen LogP contribution in [0.15, 0.2) is 67.0 Å². The molecule has 0 bridgehead atoms. The van der Waals surface area contributed by atoms with E-state index in [1.54, 1.807) is 24.5 Å². The minimum Gasteiger partial charge on any atom is -0.364 e. The number of pyridine rings is 1. The third kappa shape index (κ3) is 5.37. The van der Waals surface area contributed by atoms with Gasteiger partial charge in [-0.3, -0.25) is 9.78 Å². The van der Waals surface area contributed by atoms with E-state index in [0.717, 1.165) is 18.4 Å². The molecule has 1 aromatic carbocycles. The molecular formula is C20H21N5O. The van der Waals surface area contributed by atoms with E-state index >= 15 is 0 Å². The third-order valence-electron chi connectivity index (χ3n) is 3.86. The van der Waals surface area contributed by atoms with E-state index in [9.17, 15) is 4.79 Å². The van der Waals surface area contributed by atoms with Gasteiger partial charge in [-0.25, -0.2) is 0 Å². The number of hydrogen-bond acceptors (Lipinski definition) is 5. The normalized spacial score (nSPS) is 10.3. The minimum atomic E-state index is -0.204. The van der Waals surface area contributed by atoms with Crippen LogP contribution in [0.3, 0.4) is 0 Å². The van der Waals surface area contributed by atoms with Crippen LogP contribution >= 0.6 is 0 Å². The van der Waals surface area contributed by atoms with E-state index in [1.807, 2.05) is 30.3 Å². The fourth-order valence-electron chi connectivity index (χ4n) is 2.47. The summed E-state index contributed by atoms with van der Waals surface area (Å²) in [5.74, 6) is 0.416. The number of anilines is 1. The van der Waals surface area contributed by atoms with Crippen molar-refractivity contribution in [2.24, 2.45) is 0 Å². The van der Waals surface area contributed by atoms with Gasteiger partial charge in [-0.2, -0.15) is 0 Å². The van der Waals surface area contributed by atoms with Gasteiger partial charge in [-0.1, -0.05) is 36.4 Å². The molecule has 0 aliphatic rings. The van der Waals surface area contributed by atoms with Crippen LogP contribution < -0.4 is 10.6 Å². The first-order chi connectivity index (χ1) is 12.8. The van der Waals surface area contributed by atoms with Crippen molar-refractivity contribution in [3.8, 4) is 0 Å². The summed E-state index contributed by atoms with van der Waals surface area (Å²) in [6.07, 6.45) is 5.34. The Bertz CT molecular complexity index is 807. The Morgan fingerprint density at radius 1 is 0.923 bits per heavy atom. The molecule has 2 aromatic heterocycles. The molecule has 2 N–H and O–H groups in total. The quantitative estimate of drug-likeness (QED) is 0.613. The van der Waals surface area contributed by atoms with E-state index in [2.05, 4.69) is 37.9 Å². The van der Waals surface area contributed by atoms with E-state index in [-0.39, 0.29) is 5.91 Å². The number of rotatable bonds is 8. The maximum absolute atomic E-state index is 12.1. The highest BCUT2D eigenvalue weighted by atomic mass is 16.1. The van der Waals surface area contributed by atoms with E-state index < -0.39 is 0 Å². The number of hydrogen-bond donors (Lipinski definition) is 2. The number of benzene rings is 1. The fraction of sp³-hybridized carbons (Fsp3) is 0.200. The lowest BCUT2D eigenvalue weighted by Crippen LogP contribution is -2.26. The van der Waals surface area contributed by atoms with Gasteiger partial charge in [0, 0.05) is 25.5 Å². The van der Waals surface area contributed by atoms with Gasteiger partial charge >= 0.3 is 0 Å². The molecule has 0 saturated heterocycles. The predicted octanol–water partition coefficient (Wildman–Crippen LogP) is 2.85. The number of aromatic nitrogens is 3. The molecule has 1 amide bonds. The van der Waals surface area contributed by atoms with E-state index in [4.69, 9.17) is 0 Å². The largest absolute Gasteiger partial charge is 0.364 e. The standard InChI is InChI=1S/C20H21N5O/c26-20(22-13-5-8-16-6-2-1-3-7-16)18-10-11-19(25-24-18)23-15-17-9-4-12-21-14-17/h1-4,6-7,9-12,14H,5,8,13,15H2,(H,22,26)(H,23,25). The van der Waals surface area contributed by atoms with Crippen LogP contribution in [0.2, 0.25) is 0 Å². The molecule has 26 heavy (non-hydrogen) atoms. The van der Waals surface area contributed by atoms with Gasteiger partial charge in [0.15, 0.2) is 5.69 Å². The molecule has 6 nitrogen and oxygen atoms in total. The molecule has 0 saturated carbocycles. The first kappa shape index (κ1) is 17.5. The van der Waals surface area contributed by atoms with Crippen molar-refractivity contribution in [2.45, 2.75) is 19.4 Å². The van der Waals surface area contributed by atoms with Crippen LogP contribution in [-0.4, -0.2) is 27.6 Å². The first-order valence-corrected chi connectivity index (χ1v) is 8.60. The smallest absolute Gasteiger partial charge is 0.271 e. The molecule has 3 aromatic rings. The number of amides is 1. The van der Waals surface area contributed by atoms with E-state index in [0.29, 0.717) is 24.6 Å². The highest BCUT2D eigenvalue weighted by molar-refractivity contribution is 5.92. The molecule has 0 aliphatic carbocycles. The molecule has 132 valence electrons. The summed E-state index contributed by atoms with van der Waals surface area (Å²) in [5, 5.41) is 14.1. The highest BCUT2D eigenvalue weighted by Gasteiger charge is 2.07. The molecule has 0 spiro atoms. The van der Waals surface area contributed by atoms with Crippen LogP contribution in [0.4, 0.5) is 5.82 Å². The number of nitrogens with one attached hydrogen (secondary N) is 2. The molecule has 0 atom stereocenters. The molecule has 0 unspecified atom stereocenters. The van der Waals surface area contributed by atoms with Gasteiger partial charge in [0.2, 0.25) is 0 Å². The highest BCUT2D eigenvalue weighted by Crippen LogP contribution is 2.05. The van der Waals surface area contributed by atoms with Crippen molar-refractivity contribution < 1.29 is 4.79 Å². The van der Waals surface area contributed by atoms with Gasteiger partial charge in [0.25, 0.3) is 5.91 Å². The summed E-state index contributed by atoms with van der Waals surface area (Å²) in [6.45, 7) is 1.21. The van der Waals surface area contributed by atoms with Crippen molar-refractivity contribution in [3.05, 3.63) is 83.8 Å². The van der Waals surface area contributed by atoms with Crippen LogP contribution in [-0.2, 0) is 13.0 Å². The molecule has 2 heterocycles. The lowest BCUT2D eigenvalue weighted by atomic mass is 10.1. The summed E-state index contributed by atoms with van der Waals surface area (Å²) < 4.78 is 0. The SMILES string of the molecule is O=C(NCCCc1ccccc1)c1ccc(NCc2cccnc2)nn1. The Kier molecular flexibility index (Phi) is 6.25. The van der Waals surface area contributed by atoms with Crippen molar-refractivity contribution in [2.75, 3.05) is 11.9 Å². The molecule has 0 radical (unpaired) electrons. The maximum atomic E-state index is 12.1. The number of aryl methyl sites for hydroxylation is 1. The average molecular weight is 347 g/mol. The van der Waals surface area contributed by atoms with Crippen molar-refractivity contribution in [3.63, 3.8) is 0 Å². The molecular weight excluding hydrogens is 326 g/mol. The van der Waals surface area contributed by atoms with Gasteiger partial charge in [-0.15, -0.1) is 10.2 Å². The maximum Gasteiger partial charge on any atom is 0.271 e. The van der Waals surface area contributed by atoms with Gasteiger partial charge in [0.1, 0.15) is 5.82 Å². The summed E-state index contributed by atoms with van der Waals surface area (Å²) in [5.41, 5.74) is 2.64. The summed E-state index contributed by atoms with van der Waals surface area (Å²) in [7, 11) is 0. The first-order valence-electron chi connectivity index (χ1n) is 8.60. The van der Waals surface area contributed by atoms with Crippen LogP contribution in [0.25, 0.3) is 0 Å². The number of carbonyl (C=O) groups is 1. The Morgan fingerprint density at radius 2 is 1.77 bits per heavy atom. The Balaban J connectivity index is 1.41. The van der Waals surface area contributed by atoms with Crippen molar-refractivity contribution >= 4 is 11.7 Å². The molecule has 6 heteroatoms. The second-order valence-corrected chi connectivity index (χ2v) is 5.86. The van der Waals surface area contributed by atoms with Crippen molar-refractivity contribution in [1.29, 1.82) is 0 Å². The fourth-order valence-corrected chi connectivity index (χ4v) is 2.47. The molecule has 0 fully saturated rings. The zero-order chi connectivity index (χ0) is 18.0. The van der Waals surface area contributed by atoms with Crippen LogP contribution in [0.5, 0.6) is 0 Å². The van der Waals surface area contributed by atoms with Gasteiger partial charge < -0.3 is 10.6 Å². The number of nitrogens with zero attached hydrogens (tertiary/aromatic N) is 3. The second kappa shape index (κ2) is 9.27. The van der Waals surface area contributed by atoms with E-state index in [1.165, 1.54) is 5.56 Å². The zero-order valence-corrected chi connectivity index (χ0v) is 14.4. The van der Waals surface area contributed by atoms with Crippen molar-refractivity contribution in [1.82, 2.24) is 20.5 Å². The zero-order valence-electron chi connectivity index (χ0n) is 14.4. The topological polar surface area (TPSA) is 79.8 Å². The van der Waals surface area contributed by atoms with Gasteiger partial charge in [-0.05, 0) is 42.2 Å². The molecule has 3 rings (SSSR count). The average Bonchev–Trinajstić information content (AvgIpc) is 2.71. The Hall–Kier alpha value is -3.28. The molecule has 0 aliphatic heterocycles. The van der Waals surface area contributed by atoms with Crippen LogP contribution in [0.1, 0.15) is 28.0 Å². The number of carbonyl (C=O) groups excluding carboxylic acids is 1. The Morgan fingerprint density at radius 3 is 2.50 bits per heavy atom. The predicted molar refractivity (Wildman–Crippen MR) is 101 cm³/mol. The minimum absolute atomic E-state index is 0.204. The lowest BCUT2D eigenvalue weighted by molar-refractivity contribution is 0.0947. The third-order valence-corrected chi connectivity index (χ3v) is 3.86. The monoisotopic (exact) mass is 347 g/mol. The van der Waals surface area contributed by atoms with Gasteiger partial charge in [0.05, 0.1) is 0 Å². The van der Waals surface area contributed by atoms with Crippen LogP contribution in [0, 0.1) is 0 Å². The summed E-state index contributed by atoms with van der Waals surface area (Å²) in [4.78, 5) is 16.2.